The summed E-state index contributed by atoms with van der Waals surface area (Å²) in [5.41, 5.74) is 3.64. The Hall–Kier alpha value is -2.70. The molecular formula is C23H25ClN4O2. The highest BCUT2D eigenvalue weighted by Crippen LogP contribution is 2.29. The van der Waals surface area contributed by atoms with E-state index >= 15 is 0 Å². The van der Waals surface area contributed by atoms with E-state index in [-0.39, 0.29) is 11.8 Å². The Kier molecular flexibility index (Phi) is 5.62. The molecule has 0 unspecified atom stereocenters. The number of amides is 2. The molecule has 156 valence electrons. The zero-order valence-corrected chi connectivity index (χ0v) is 17.9. The number of anilines is 1. The summed E-state index contributed by atoms with van der Waals surface area (Å²) in [4.78, 5) is 31.8. The number of hydrogen-bond donors (Lipinski definition) is 2. The fraction of sp³-hybridized carbons (Fsp3) is 0.348. The van der Waals surface area contributed by atoms with Gasteiger partial charge in [0.15, 0.2) is 0 Å². The molecule has 2 N–H and O–H groups in total. The van der Waals surface area contributed by atoms with Crippen LogP contribution >= 0.6 is 11.6 Å². The lowest BCUT2D eigenvalue weighted by molar-refractivity contribution is -0.119. The molecule has 1 saturated heterocycles. The van der Waals surface area contributed by atoms with Crippen LogP contribution in [0.3, 0.4) is 0 Å². The van der Waals surface area contributed by atoms with Crippen LogP contribution in [-0.2, 0) is 9.59 Å². The van der Waals surface area contributed by atoms with Crippen LogP contribution < -0.4 is 10.6 Å². The third-order valence-corrected chi connectivity index (χ3v) is 5.78. The van der Waals surface area contributed by atoms with Crippen molar-refractivity contribution in [1.82, 2.24) is 10.2 Å². The first-order chi connectivity index (χ1) is 14.3. The predicted octanol–water partition coefficient (Wildman–Crippen LogP) is 3.31. The maximum Gasteiger partial charge on any atom is 0.272 e. The quantitative estimate of drug-likeness (QED) is 0.790. The highest BCUT2D eigenvalue weighted by molar-refractivity contribution is 6.47. The van der Waals surface area contributed by atoms with E-state index in [1.54, 1.807) is 12.1 Å². The Labute approximate surface area is 181 Å². The molecule has 2 aromatic rings. The average Bonchev–Trinajstić information content (AvgIpc) is 2.99. The Bertz CT molecular complexity index is 1010. The second-order valence-corrected chi connectivity index (χ2v) is 8.59. The molecule has 2 aliphatic rings. The van der Waals surface area contributed by atoms with Crippen molar-refractivity contribution in [2.24, 2.45) is 4.99 Å². The fourth-order valence-corrected chi connectivity index (χ4v) is 4.35. The molecule has 2 aliphatic heterocycles. The second kappa shape index (κ2) is 8.20. The van der Waals surface area contributed by atoms with Crippen LogP contribution in [0.2, 0.25) is 5.02 Å². The number of nitrogens with one attached hydrogen (secondary N) is 2. The van der Waals surface area contributed by atoms with Gasteiger partial charge in [0, 0.05) is 42.2 Å². The fourth-order valence-electron chi connectivity index (χ4n) is 4.16. The molecule has 0 radical (unpaired) electrons. The number of aryl methyl sites for hydroxylation is 2. The predicted molar refractivity (Wildman–Crippen MR) is 119 cm³/mol. The summed E-state index contributed by atoms with van der Waals surface area (Å²) < 4.78 is 0. The Morgan fingerprint density at radius 1 is 1.17 bits per heavy atom. The first-order valence-corrected chi connectivity index (χ1v) is 10.5. The van der Waals surface area contributed by atoms with E-state index in [9.17, 15) is 9.59 Å². The topological polar surface area (TPSA) is 73.8 Å². The van der Waals surface area contributed by atoms with Crippen LogP contribution in [0.15, 0.2) is 47.5 Å². The third-order valence-electron chi connectivity index (χ3n) is 5.54. The minimum atomic E-state index is -0.588. The van der Waals surface area contributed by atoms with Crippen molar-refractivity contribution in [3.63, 3.8) is 0 Å². The Balaban J connectivity index is 1.36. The van der Waals surface area contributed by atoms with E-state index in [2.05, 4.69) is 21.6 Å². The van der Waals surface area contributed by atoms with Crippen LogP contribution in [0.5, 0.6) is 0 Å². The Morgan fingerprint density at radius 3 is 2.53 bits per heavy atom. The third kappa shape index (κ3) is 4.55. The summed E-state index contributed by atoms with van der Waals surface area (Å²) in [5.74, 6) is -0.201. The monoisotopic (exact) mass is 424 g/mol. The van der Waals surface area contributed by atoms with Crippen LogP contribution in [0.4, 0.5) is 5.69 Å². The maximum absolute atomic E-state index is 12.5. The van der Waals surface area contributed by atoms with Crippen LogP contribution in [0.1, 0.15) is 29.5 Å². The van der Waals surface area contributed by atoms with Crippen molar-refractivity contribution in [1.29, 1.82) is 0 Å². The minimum absolute atomic E-state index is 0.0328. The molecule has 0 aliphatic carbocycles. The number of halogens is 1. The first-order valence-electron chi connectivity index (χ1n) is 10.1. The number of aliphatic imine (C=N–C) groups is 1. The summed E-state index contributed by atoms with van der Waals surface area (Å²) >= 11 is 6.06. The van der Waals surface area contributed by atoms with E-state index < -0.39 is 5.66 Å². The van der Waals surface area contributed by atoms with Gasteiger partial charge >= 0.3 is 0 Å². The number of benzene rings is 2. The van der Waals surface area contributed by atoms with Gasteiger partial charge in [0.05, 0.1) is 6.54 Å². The molecule has 4 rings (SSSR count). The summed E-state index contributed by atoms with van der Waals surface area (Å²) in [6.07, 6.45) is 1.33. The lowest BCUT2D eigenvalue weighted by atomic mass is 9.98. The summed E-state index contributed by atoms with van der Waals surface area (Å²) in [7, 11) is 0. The summed E-state index contributed by atoms with van der Waals surface area (Å²) in [6.45, 7) is 5.73. The zero-order valence-electron chi connectivity index (χ0n) is 17.2. The number of carbonyl (C=O) groups excluding carboxylic acids is 2. The molecule has 1 spiro atoms. The molecule has 2 aromatic carbocycles. The van der Waals surface area contributed by atoms with Crippen molar-refractivity contribution < 1.29 is 9.59 Å². The van der Waals surface area contributed by atoms with Gasteiger partial charge in [-0.05, 0) is 49.2 Å². The van der Waals surface area contributed by atoms with Crippen molar-refractivity contribution in [3.8, 4) is 0 Å². The number of hydrogen-bond acceptors (Lipinski definition) is 4. The number of likely N-dealkylation sites (tertiary alicyclic amines) is 1. The van der Waals surface area contributed by atoms with E-state index in [1.165, 1.54) is 0 Å². The minimum Gasteiger partial charge on any atom is -0.326 e. The molecule has 0 atom stereocenters. The van der Waals surface area contributed by atoms with Crippen molar-refractivity contribution in [3.05, 3.63) is 64.2 Å². The van der Waals surface area contributed by atoms with Gasteiger partial charge in [-0.1, -0.05) is 29.8 Å². The molecule has 0 saturated carbocycles. The lowest BCUT2D eigenvalue weighted by Gasteiger charge is -2.36. The molecule has 1 fully saturated rings. The van der Waals surface area contributed by atoms with Gasteiger partial charge in [0.25, 0.3) is 5.91 Å². The van der Waals surface area contributed by atoms with Crippen LogP contribution in [0, 0.1) is 13.8 Å². The smallest absolute Gasteiger partial charge is 0.272 e. The molecule has 0 aromatic heterocycles. The number of piperidine rings is 1. The Morgan fingerprint density at radius 2 is 1.87 bits per heavy atom. The number of rotatable bonds is 4. The molecule has 0 bridgehead atoms. The van der Waals surface area contributed by atoms with E-state index in [0.717, 1.165) is 22.4 Å². The second-order valence-electron chi connectivity index (χ2n) is 8.16. The highest BCUT2D eigenvalue weighted by atomic mass is 35.5. The van der Waals surface area contributed by atoms with Gasteiger partial charge in [-0.15, -0.1) is 0 Å². The molecular weight excluding hydrogens is 400 g/mol. The van der Waals surface area contributed by atoms with Gasteiger partial charge in [-0.25, -0.2) is 0 Å². The number of nitrogens with zero attached hydrogens (tertiary/aromatic N) is 2. The highest BCUT2D eigenvalue weighted by Gasteiger charge is 2.42. The molecule has 2 heterocycles. The molecule has 7 heteroatoms. The molecule has 30 heavy (non-hydrogen) atoms. The summed E-state index contributed by atoms with van der Waals surface area (Å²) in [6, 6.07) is 13.2. The van der Waals surface area contributed by atoms with Gasteiger partial charge in [0.2, 0.25) is 5.91 Å². The summed E-state index contributed by atoms with van der Waals surface area (Å²) in [5, 5.41) is 6.61. The van der Waals surface area contributed by atoms with Crippen LogP contribution in [-0.4, -0.2) is 47.7 Å². The zero-order chi connectivity index (χ0) is 21.3. The average molecular weight is 425 g/mol. The standard InChI is InChI=1S/C23H25ClN4O2/c1-15-10-16(2)12-19(11-15)25-20(29)14-28-8-6-23(7-9-28)26-21(22(30)27-23)17-4-3-5-18(24)13-17/h3-5,10-13H,6-9,14H2,1-2H3,(H,25,29)(H,27,30). The number of carbonyl (C=O) groups is 2. The van der Waals surface area contributed by atoms with Crippen molar-refractivity contribution in [2.75, 3.05) is 25.0 Å². The van der Waals surface area contributed by atoms with Crippen LogP contribution in [0.25, 0.3) is 0 Å². The van der Waals surface area contributed by atoms with E-state index in [0.29, 0.717) is 43.2 Å². The first kappa shape index (κ1) is 20.6. The molecule has 6 nitrogen and oxygen atoms in total. The maximum atomic E-state index is 12.5. The van der Waals surface area contributed by atoms with Gasteiger partial charge < -0.3 is 10.6 Å². The lowest BCUT2D eigenvalue weighted by Crippen LogP contribution is -2.52. The van der Waals surface area contributed by atoms with E-state index in [1.807, 2.05) is 38.1 Å². The largest absolute Gasteiger partial charge is 0.326 e. The molecule has 2 amide bonds. The van der Waals surface area contributed by atoms with Crippen molar-refractivity contribution in [2.45, 2.75) is 32.4 Å². The van der Waals surface area contributed by atoms with E-state index in [4.69, 9.17) is 16.6 Å². The van der Waals surface area contributed by atoms with Gasteiger partial charge in [-0.3, -0.25) is 19.5 Å². The normalized spacial score (nSPS) is 18.2. The van der Waals surface area contributed by atoms with Gasteiger partial charge in [0.1, 0.15) is 11.4 Å². The van der Waals surface area contributed by atoms with Gasteiger partial charge in [-0.2, -0.15) is 0 Å². The van der Waals surface area contributed by atoms with Crippen molar-refractivity contribution >= 4 is 34.8 Å². The SMILES string of the molecule is Cc1cc(C)cc(NC(=O)CN2CCC3(CC2)N=C(c2cccc(Cl)c2)C(=O)N3)c1.